The molecule has 0 aliphatic heterocycles. The van der Waals surface area contributed by atoms with Crippen LogP contribution in [-0.4, -0.2) is 10.3 Å². The molecule has 0 radical (unpaired) electrons. The lowest BCUT2D eigenvalue weighted by Crippen LogP contribution is -2.21. The van der Waals surface area contributed by atoms with Crippen LogP contribution < -0.4 is 0 Å². The van der Waals surface area contributed by atoms with E-state index in [9.17, 15) is 14.5 Å². The number of nitro benzene ring substituents is 1. The Morgan fingerprint density at radius 3 is 2.60 bits per heavy atom. The third-order valence-corrected chi connectivity index (χ3v) is 3.64. The fourth-order valence-corrected chi connectivity index (χ4v) is 1.56. The van der Waals surface area contributed by atoms with E-state index in [2.05, 4.69) is 15.9 Å². The van der Waals surface area contributed by atoms with E-state index in [-0.39, 0.29) is 0 Å². The van der Waals surface area contributed by atoms with Crippen molar-refractivity contribution in [2.45, 2.75) is 19.3 Å². The highest BCUT2D eigenvalue weighted by atomic mass is 79.9. The topological polar surface area (TPSA) is 43.1 Å². The minimum absolute atomic E-state index is 0.355. The molecule has 1 aromatic carbocycles. The number of halogens is 2. The van der Waals surface area contributed by atoms with Crippen LogP contribution in [0.4, 0.5) is 10.1 Å². The van der Waals surface area contributed by atoms with Gasteiger partial charge in [-0.15, -0.1) is 0 Å². The van der Waals surface area contributed by atoms with E-state index in [1.165, 1.54) is 12.1 Å². The number of hydrogen-bond donors (Lipinski definition) is 0. The molecule has 0 amide bonds. The molecule has 0 bridgehead atoms. The number of benzene rings is 1. The van der Waals surface area contributed by atoms with E-state index in [4.69, 9.17) is 0 Å². The maximum absolute atomic E-state index is 13.7. The summed E-state index contributed by atoms with van der Waals surface area (Å²) in [5.74, 6) is -0.744. The van der Waals surface area contributed by atoms with Gasteiger partial charge in [0.1, 0.15) is 0 Å². The van der Waals surface area contributed by atoms with Gasteiger partial charge in [-0.25, -0.2) is 0 Å². The van der Waals surface area contributed by atoms with Gasteiger partial charge >= 0.3 is 5.69 Å². The Balaban J connectivity index is 3.33. The van der Waals surface area contributed by atoms with Crippen LogP contribution in [-0.2, 0) is 5.41 Å². The first-order chi connectivity index (χ1) is 6.90. The second kappa shape index (κ2) is 4.26. The summed E-state index contributed by atoms with van der Waals surface area (Å²) in [5.41, 5.74) is -0.578. The predicted octanol–water partition coefficient (Wildman–Crippen LogP) is 3.41. The van der Waals surface area contributed by atoms with Gasteiger partial charge in [-0.05, 0) is 0 Å². The van der Waals surface area contributed by atoms with Gasteiger partial charge in [-0.2, -0.15) is 4.39 Å². The van der Waals surface area contributed by atoms with Crippen LogP contribution in [0.3, 0.4) is 0 Å². The van der Waals surface area contributed by atoms with Gasteiger partial charge in [0.25, 0.3) is 0 Å². The van der Waals surface area contributed by atoms with Gasteiger partial charge in [-0.1, -0.05) is 41.9 Å². The molecule has 0 saturated carbocycles. The van der Waals surface area contributed by atoms with Crippen molar-refractivity contribution in [1.82, 2.24) is 0 Å². The van der Waals surface area contributed by atoms with E-state index in [0.29, 0.717) is 10.9 Å². The van der Waals surface area contributed by atoms with Gasteiger partial charge in [0.05, 0.1) is 4.92 Å². The Morgan fingerprint density at radius 2 is 2.13 bits per heavy atom. The van der Waals surface area contributed by atoms with Gasteiger partial charge in [0, 0.05) is 22.4 Å². The summed E-state index contributed by atoms with van der Waals surface area (Å²) in [6.45, 7) is 3.65. The van der Waals surface area contributed by atoms with Crippen LogP contribution in [0.5, 0.6) is 0 Å². The second-order valence-corrected chi connectivity index (χ2v) is 4.47. The quantitative estimate of drug-likeness (QED) is 0.482. The van der Waals surface area contributed by atoms with Crippen LogP contribution in [0, 0.1) is 15.9 Å². The summed E-state index contributed by atoms with van der Waals surface area (Å²) in [6, 6.07) is 4.24. The highest BCUT2D eigenvalue weighted by Gasteiger charge is 2.27. The molecule has 0 atom stereocenters. The second-order valence-electron chi connectivity index (χ2n) is 3.91. The molecule has 3 nitrogen and oxygen atoms in total. The fourth-order valence-electron chi connectivity index (χ4n) is 1.26. The zero-order chi connectivity index (χ0) is 11.6. The largest absolute Gasteiger partial charge is 0.305 e. The molecule has 0 unspecified atom stereocenters. The van der Waals surface area contributed by atoms with Crippen molar-refractivity contribution < 1.29 is 9.31 Å². The summed E-state index contributed by atoms with van der Waals surface area (Å²) in [4.78, 5) is 9.84. The fraction of sp³-hybridized carbons (Fsp3) is 0.400. The maximum atomic E-state index is 13.7. The average Bonchev–Trinajstić information content (AvgIpc) is 2.17. The average molecular weight is 276 g/mol. The van der Waals surface area contributed by atoms with E-state index < -0.39 is 21.8 Å². The third-order valence-electron chi connectivity index (χ3n) is 2.24. The number of rotatable bonds is 3. The molecule has 5 heteroatoms. The van der Waals surface area contributed by atoms with Crippen molar-refractivity contribution >= 4 is 21.6 Å². The first kappa shape index (κ1) is 12.1. The van der Waals surface area contributed by atoms with E-state index >= 15 is 0 Å². The normalized spacial score (nSPS) is 11.5. The number of nitro groups is 1. The van der Waals surface area contributed by atoms with E-state index in [1.54, 1.807) is 6.07 Å². The standard InChI is InChI=1S/C10H11BrFNO2/c1-10(2,6-11)7-4-3-5-8(9(7)12)13(14)15/h3-5H,6H2,1-2H3. The Labute approximate surface area is 95.6 Å². The minimum atomic E-state index is -0.744. The molecule has 0 fully saturated rings. The molecule has 0 spiro atoms. The third kappa shape index (κ3) is 2.34. The van der Waals surface area contributed by atoms with Crippen molar-refractivity contribution in [3.05, 3.63) is 39.7 Å². The first-order valence-electron chi connectivity index (χ1n) is 4.39. The summed E-state index contributed by atoms with van der Waals surface area (Å²) in [6.07, 6.45) is 0. The van der Waals surface area contributed by atoms with Gasteiger partial charge in [-0.3, -0.25) is 10.1 Å². The van der Waals surface area contributed by atoms with Gasteiger partial charge < -0.3 is 0 Å². The Kier molecular flexibility index (Phi) is 3.44. The summed E-state index contributed by atoms with van der Waals surface area (Å²) in [5, 5.41) is 11.1. The molecular weight excluding hydrogens is 265 g/mol. The predicted molar refractivity (Wildman–Crippen MR) is 59.9 cm³/mol. The molecule has 1 aromatic rings. The summed E-state index contributed by atoms with van der Waals surface area (Å²) < 4.78 is 13.7. The number of nitrogens with zero attached hydrogens (tertiary/aromatic N) is 1. The zero-order valence-corrected chi connectivity index (χ0v) is 10.0. The lowest BCUT2D eigenvalue weighted by molar-refractivity contribution is -0.387. The monoisotopic (exact) mass is 275 g/mol. The summed E-state index contributed by atoms with van der Waals surface area (Å²) >= 11 is 3.27. The molecule has 0 N–H and O–H groups in total. The minimum Gasteiger partial charge on any atom is -0.258 e. The Morgan fingerprint density at radius 1 is 1.53 bits per heavy atom. The zero-order valence-electron chi connectivity index (χ0n) is 8.46. The molecule has 1 rings (SSSR count). The van der Waals surface area contributed by atoms with Crippen LogP contribution in [0.1, 0.15) is 19.4 Å². The summed E-state index contributed by atoms with van der Waals surface area (Å²) in [7, 11) is 0. The SMILES string of the molecule is CC(C)(CBr)c1cccc([N+](=O)[O-])c1F. The first-order valence-corrected chi connectivity index (χ1v) is 5.51. The van der Waals surface area contributed by atoms with Gasteiger partial charge in [0.15, 0.2) is 0 Å². The maximum Gasteiger partial charge on any atom is 0.305 e. The molecular formula is C10H11BrFNO2. The number of hydrogen-bond acceptors (Lipinski definition) is 2. The molecule has 15 heavy (non-hydrogen) atoms. The van der Waals surface area contributed by atoms with Crippen LogP contribution >= 0.6 is 15.9 Å². The van der Waals surface area contributed by atoms with Crippen molar-refractivity contribution in [2.75, 3.05) is 5.33 Å². The molecule has 0 aliphatic carbocycles. The lowest BCUT2D eigenvalue weighted by Gasteiger charge is -2.22. The Bertz CT molecular complexity index is 393. The molecule has 0 aliphatic rings. The molecule has 82 valence electrons. The van der Waals surface area contributed by atoms with Crippen molar-refractivity contribution in [2.24, 2.45) is 0 Å². The Hall–Kier alpha value is -0.970. The van der Waals surface area contributed by atoms with Gasteiger partial charge in [0.2, 0.25) is 5.82 Å². The van der Waals surface area contributed by atoms with Crippen LogP contribution in [0.2, 0.25) is 0 Å². The number of alkyl halides is 1. The smallest absolute Gasteiger partial charge is 0.258 e. The van der Waals surface area contributed by atoms with Crippen molar-refractivity contribution in [3.63, 3.8) is 0 Å². The van der Waals surface area contributed by atoms with E-state index in [0.717, 1.165) is 0 Å². The molecule has 0 saturated heterocycles. The highest BCUT2D eigenvalue weighted by Crippen LogP contribution is 2.31. The van der Waals surface area contributed by atoms with Crippen molar-refractivity contribution in [1.29, 1.82) is 0 Å². The highest BCUT2D eigenvalue weighted by molar-refractivity contribution is 9.09. The van der Waals surface area contributed by atoms with Crippen LogP contribution in [0.15, 0.2) is 18.2 Å². The van der Waals surface area contributed by atoms with Crippen LogP contribution in [0.25, 0.3) is 0 Å². The van der Waals surface area contributed by atoms with Crippen molar-refractivity contribution in [3.8, 4) is 0 Å². The molecule has 0 heterocycles. The molecule has 0 aromatic heterocycles. The van der Waals surface area contributed by atoms with E-state index in [1.807, 2.05) is 13.8 Å². The lowest BCUT2D eigenvalue weighted by atomic mass is 9.86.